The molecule has 0 bridgehead atoms. The number of sulfone groups is 1. The molecule has 0 aromatic heterocycles. The van der Waals surface area contributed by atoms with Crippen LogP contribution in [-0.2, 0) is 22.1 Å². The smallest absolute Gasteiger partial charge is 0.182 e. The maximum Gasteiger partial charge on any atom is 0.182 e. The summed E-state index contributed by atoms with van der Waals surface area (Å²) >= 11 is 5.79. The molecule has 0 saturated carbocycles. The van der Waals surface area contributed by atoms with Crippen molar-refractivity contribution in [2.24, 2.45) is 5.73 Å². The molecule has 6 heteroatoms. The Balaban J connectivity index is 2.40. The molecule has 0 unspecified atom stereocenters. The van der Waals surface area contributed by atoms with E-state index in [9.17, 15) is 12.8 Å². The standard InChI is InChI=1S/C14H13ClFNO2S/c15-12-2-1-3-14(7-12)20(18,19)9-11-6-13(16)5-4-10(11)8-17/h1-7H,8-9,17H2. The zero-order valence-corrected chi connectivity index (χ0v) is 12.1. The molecule has 0 aliphatic rings. The van der Waals surface area contributed by atoms with Crippen LogP contribution in [0, 0.1) is 5.82 Å². The summed E-state index contributed by atoms with van der Waals surface area (Å²) in [5, 5.41) is 0.337. The molecular formula is C14H13ClFNO2S. The lowest BCUT2D eigenvalue weighted by Crippen LogP contribution is -2.09. The monoisotopic (exact) mass is 313 g/mol. The van der Waals surface area contributed by atoms with Gasteiger partial charge in [0.2, 0.25) is 0 Å². The molecule has 2 aromatic carbocycles. The molecule has 0 saturated heterocycles. The third-order valence-electron chi connectivity index (χ3n) is 2.89. The second-order valence-electron chi connectivity index (χ2n) is 4.33. The third-order valence-corrected chi connectivity index (χ3v) is 4.79. The first-order valence-corrected chi connectivity index (χ1v) is 7.91. The van der Waals surface area contributed by atoms with Gasteiger partial charge in [0.25, 0.3) is 0 Å². The molecule has 0 radical (unpaired) electrons. The molecule has 0 heterocycles. The van der Waals surface area contributed by atoms with E-state index in [-0.39, 0.29) is 17.2 Å². The van der Waals surface area contributed by atoms with E-state index < -0.39 is 15.7 Å². The lowest BCUT2D eigenvalue weighted by Gasteiger charge is -2.09. The predicted octanol–water partition coefficient (Wildman–Crippen LogP) is 2.91. The van der Waals surface area contributed by atoms with Gasteiger partial charge in [0.05, 0.1) is 10.6 Å². The fraction of sp³-hybridized carbons (Fsp3) is 0.143. The number of rotatable bonds is 4. The number of hydrogen-bond acceptors (Lipinski definition) is 3. The van der Waals surface area contributed by atoms with Crippen LogP contribution in [0.15, 0.2) is 47.4 Å². The Bertz CT molecular complexity index is 732. The quantitative estimate of drug-likeness (QED) is 0.944. The lowest BCUT2D eigenvalue weighted by molar-refractivity contribution is 0.594. The summed E-state index contributed by atoms with van der Waals surface area (Å²) in [7, 11) is -3.59. The zero-order valence-electron chi connectivity index (χ0n) is 10.5. The maximum atomic E-state index is 13.3. The molecule has 0 aliphatic heterocycles. The van der Waals surface area contributed by atoms with E-state index in [4.69, 9.17) is 17.3 Å². The van der Waals surface area contributed by atoms with Crippen molar-refractivity contribution in [1.29, 1.82) is 0 Å². The lowest BCUT2D eigenvalue weighted by atomic mass is 10.1. The Morgan fingerprint density at radius 1 is 1.10 bits per heavy atom. The second-order valence-corrected chi connectivity index (χ2v) is 6.76. The number of hydrogen-bond donors (Lipinski definition) is 1. The van der Waals surface area contributed by atoms with Gasteiger partial charge in [-0.2, -0.15) is 0 Å². The van der Waals surface area contributed by atoms with E-state index in [1.54, 1.807) is 12.1 Å². The fourth-order valence-electron chi connectivity index (χ4n) is 1.88. The van der Waals surface area contributed by atoms with Gasteiger partial charge < -0.3 is 5.73 Å². The molecule has 106 valence electrons. The van der Waals surface area contributed by atoms with Crippen LogP contribution in [0.3, 0.4) is 0 Å². The molecule has 0 atom stereocenters. The SMILES string of the molecule is NCc1ccc(F)cc1CS(=O)(=O)c1cccc(Cl)c1. The van der Waals surface area contributed by atoms with Crippen molar-refractivity contribution in [1.82, 2.24) is 0 Å². The Labute approximate surface area is 122 Å². The van der Waals surface area contributed by atoms with Crippen LogP contribution < -0.4 is 5.73 Å². The van der Waals surface area contributed by atoms with Gasteiger partial charge in [0.1, 0.15) is 5.82 Å². The van der Waals surface area contributed by atoms with Crippen LogP contribution >= 0.6 is 11.6 Å². The molecule has 0 aliphatic carbocycles. The summed E-state index contributed by atoms with van der Waals surface area (Å²) in [6, 6.07) is 9.94. The van der Waals surface area contributed by atoms with E-state index >= 15 is 0 Å². The summed E-state index contributed by atoms with van der Waals surface area (Å²) in [4.78, 5) is 0.109. The first-order valence-electron chi connectivity index (χ1n) is 5.88. The minimum atomic E-state index is -3.59. The molecule has 2 aromatic rings. The van der Waals surface area contributed by atoms with Crippen molar-refractivity contribution >= 4 is 21.4 Å². The molecule has 20 heavy (non-hydrogen) atoms. The Morgan fingerprint density at radius 3 is 2.50 bits per heavy atom. The van der Waals surface area contributed by atoms with Crippen LogP contribution in [0.1, 0.15) is 11.1 Å². The van der Waals surface area contributed by atoms with E-state index in [1.807, 2.05) is 0 Å². The molecule has 2 rings (SSSR count). The number of nitrogens with two attached hydrogens (primary N) is 1. The topological polar surface area (TPSA) is 60.2 Å². The fourth-order valence-corrected chi connectivity index (χ4v) is 3.57. The molecule has 0 spiro atoms. The highest BCUT2D eigenvalue weighted by atomic mass is 35.5. The minimum absolute atomic E-state index is 0.109. The van der Waals surface area contributed by atoms with Crippen LogP contribution in [0.2, 0.25) is 5.02 Å². The van der Waals surface area contributed by atoms with Crippen LogP contribution in [0.5, 0.6) is 0 Å². The van der Waals surface area contributed by atoms with E-state index in [1.165, 1.54) is 30.3 Å². The normalized spacial score (nSPS) is 11.6. The zero-order chi connectivity index (χ0) is 14.8. The van der Waals surface area contributed by atoms with Gasteiger partial charge in [-0.1, -0.05) is 23.7 Å². The molecule has 0 amide bonds. The van der Waals surface area contributed by atoms with Gasteiger partial charge in [-0.05, 0) is 41.5 Å². The average molecular weight is 314 g/mol. The van der Waals surface area contributed by atoms with Crippen LogP contribution in [0.25, 0.3) is 0 Å². The molecule has 3 nitrogen and oxygen atoms in total. The molecule has 0 fully saturated rings. The summed E-state index contributed by atoms with van der Waals surface area (Å²) in [5.41, 5.74) is 6.52. The van der Waals surface area contributed by atoms with E-state index in [0.29, 0.717) is 16.1 Å². The molecular weight excluding hydrogens is 301 g/mol. The van der Waals surface area contributed by atoms with Crippen molar-refractivity contribution in [2.45, 2.75) is 17.2 Å². The van der Waals surface area contributed by atoms with Gasteiger partial charge in [0, 0.05) is 11.6 Å². The van der Waals surface area contributed by atoms with Gasteiger partial charge in [-0.15, -0.1) is 0 Å². The Hall–Kier alpha value is -1.43. The average Bonchev–Trinajstić information content (AvgIpc) is 2.38. The van der Waals surface area contributed by atoms with Crippen molar-refractivity contribution in [3.05, 3.63) is 64.4 Å². The van der Waals surface area contributed by atoms with E-state index in [2.05, 4.69) is 0 Å². The highest BCUT2D eigenvalue weighted by molar-refractivity contribution is 7.90. The van der Waals surface area contributed by atoms with E-state index in [0.717, 1.165) is 0 Å². The highest BCUT2D eigenvalue weighted by Gasteiger charge is 2.18. The molecule has 2 N–H and O–H groups in total. The van der Waals surface area contributed by atoms with Crippen molar-refractivity contribution in [2.75, 3.05) is 0 Å². The largest absolute Gasteiger partial charge is 0.326 e. The van der Waals surface area contributed by atoms with Gasteiger partial charge >= 0.3 is 0 Å². The first-order chi connectivity index (χ1) is 9.42. The van der Waals surface area contributed by atoms with Gasteiger partial charge in [0.15, 0.2) is 9.84 Å². The Kier molecular flexibility index (Phi) is 4.42. The third kappa shape index (κ3) is 3.36. The second kappa shape index (κ2) is 5.91. The maximum absolute atomic E-state index is 13.3. The van der Waals surface area contributed by atoms with Gasteiger partial charge in [-0.25, -0.2) is 12.8 Å². The Morgan fingerprint density at radius 2 is 1.85 bits per heavy atom. The van der Waals surface area contributed by atoms with Gasteiger partial charge in [-0.3, -0.25) is 0 Å². The van der Waals surface area contributed by atoms with Crippen LogP contribution in [-0.4, -0.2) is 8.42 Å². The van der Waals surface area contributed by atoms with Crippen molar-refractivity contribution in [3.8, 4) is 0 Å². The summed E-state index contributed by atoms with van der Waals surface area (Å²) in [6.45, 7) is 0.153. The van der Waals surface area contributed by atoms with Crippen molar-refractivity contribution in [3.63, 3.8) is 0 Å². The highest BCUT2D eigenvalue weighted by Crippen LogP contribution is 2.22. The number of halogens is 2. The predicted molar refractivity (Wildman–Crippen MR) is 76.6 cm³/mol. The van der Waals surface area contributed by atoms with Crippen LogP contribution in [0.4, 0.5) is 4.39 Å². The minimum Gasteiger partial charge on any atom is -0.326 e. The summed E-state index contributed by atoms with van der Waals surface area (Å²) < 4.78 is 37.9. The number of benzene rings is 2. The summed E-state index contributed by atoms with van der Waals surface area (Å²) in [6.07, 6.45) is 0. The summed E-state index contributed by atoms with van der Waals surface area (Å²) in [5.74, 6) is -0.795. The van der Waals surface area contributed by atoms with Crippen molar-refractivity contribution < 1.29 is 12.8 Å². The first kappa shape index (κ1) is 15.0.